The second-order valence-electron chi connectivity index (χ2n) is 8.19. The first kappa shape index (κ1) is 21.2. The molecule has 0 unspecified atom stereocenters. The second-order valence-corrected chi connectivity index (χ2v) is 9.24. The minimum absolute atomic E-state index is 0.200. The topological polar surface area (TPSA) is 59.4 Å². The number of hydrogen-bond acceptors (Lipinski definition) is 4. The average Bonchev–Trinajstić information content (AvgIpc) is 3.17. The molecule has 5 heteroatoms. The lowest BCUT2D eigenvalue weighted by atomic mass is 10.0. The van der Waals surface area contributed by atoms with E-state index in [-0.39, 0.29) is 11.7 Å². The molecule has 0 aliphatic carbocycles. The third-order valence-electron chi connectivity index (χ3n) is 6.00. The van der Waals surface area contributed by atoms with Gasteiger partial charge in [-0.2, -0.15) is 0 Å². The van der Waals surface area contributed by atoms with E-state index in [2.05, 4.69) is 19.1 Å². The molecule has 0 radical (unpaired) electrons. The SMILES string of the molecule is Cc1c(-c2cc(C(=O)O)c3c(O[C@H](C)c4ccccc4)ccc(C)c3n2)sc2ccccc12. The first-order chi connectivity index (χ1) is 15.9. The van der Waals surface area contributed by atoms with Crippen molar-refractivity contribution in [3.8, 4) is 16.3 Å². The molecule has 1 atom stereocenters. The van der Waals surface area contributed by atoms with Crippen molar-refractivity contribution in [3.05, 3.63) is 95.1 Å². The number of aromatic nitrogens is 1. The van der Waals surface area contributed by atoms with E-state index >= 15 is 0 Å². The van der Waals surface area contributed by atoms with Gasteiger partial charge >= 0.3 is 5.97 Å². The van der Waals surface area contributed by atoms with Crippen molar-refractivity contribution in [3.63, 3.8) is 0 Å². The van der Waals surface area contributed by atoms with E-state index in [1.165, 1.54) is 5.39 Å². The van der Waals surface area contributed by atoms with Gasteiger partial charge < -0.3 is 9.84 Å². The minimum atomic E-state index is -0.995. The van der Waals surface area contributed by atoms with Gasteiger partial charge in [-0.3, -0.25) is 0 Å². The lowest BCUT2D eigenvalue weighted by Crippen LogP contribution is -2.07. The summed E-state index contributed by atoms with van der Waals surface area (Å²) in [6.07, 6.45) is -0.233. The zero-order chi connectivity index (χ0) is 23.1. The zero-order valence-electron chi connectivity index (χ0n) is 18.6. The molecule has 0 aliphatic rings. The van der Waals surface area contributed by atoms with Gasteiger partial charge in [0.25, 0.3) is 0 Å². The highest BCUT2D eigenvalue weighted by molar-refractivity contribution is 7.22. The van der Waals surface area contributed by atoms with E-state index in [0.29, 0.717) is 22.3 Å². The highest BCUT2D eigenvalue weighted by Gasteiger charge is 2.21. The van der Waals surface area contributed by atoms with Gasteiger partial charge in [-0.1, -0.05) is 54.6 Å². The number of aryl methyl sites for hydroxylation is 2. The Morgan fingerprint density at radius 2 is 1.73 bits per heavy atom. The van der Waals surface area contributed by atoms with Crippen LogP contribution in [0.15, 0.2) is 72.8 Å². The van der Waals surface area contributed by atoms with E-state index in [9.17, 15) is 9.90 Å². The lowest BCUT2D eigenvalue weighted by molar-refractivity contribution is 0.0698. The Kier molecular flexibility index (Phi) is 5.35. The molecular weight excluding hydrogens is 430 g/mol. The van der Waals surface area contributed by atoms with Crippen molar-refractivity contribution in [2.45, 2.75) is 26.9 Å². The van der Waals surface area contributed by atoms with Crippen molar-refractivity contribution in [1.82, 2.24) is 4.98 Å². The predicted octanol–water partition coefficient (Wildman–Crippen LogP) is 7.57. The molecule has 1 N–H and O–H groups in total. The molecule has 0 fully saturated rings. The quantitative estimate of drug-likeness (QED) is 0.298. The number of carboxylic acid groups (broad SMARTS) is 1. The standard InChI is InChI=1S/C28H23NO3S/c1-16-13-14-23(32-18(3)19-9-5-4-6-10-19)25-21(28(30)31)15-22(29-26(16)25)27-17(2)20-11-7-8-12-24(20)33-27/h4-15,18H,1-3H3,(H,30,31)/t18-/m1/s1. The van der Waals surface area contributed by atoms with Gasteiger partial charge in [-0.05, 0) is 61.0 Å². The molecule has 2 heterocycles. The number of ether oxygens (including phenoxy) is 1. The zero-order valence-corrected chi connectivity index (χ0v) is 19.4. The molecule has 3 aromatic carbocycles. The van der Waals surface area contributed by atoms with Gasteiger partial charge in [0.05, 0.1) is 27.0 Å². The van der Waals surface area contributed by atoms with Crippen LogP contribution in [0.4, 0.5) is 0 Å². The molecular formula is C28H23NO3S. The summed E-state index contributed by atoms with van der Waals surface area (Å²) >= 11 is 1.64. The van der Waals surface area contributed by atoms with Crippen molar-refractivity contribution in [2.24, 2.45) is 0 Å². The van der Waals surface area contributed by atoms with Crippen LogP contribution in [0, 0.1) is 13.8 Å². The van der Waals surface area contributed by atoms with Crippen molar-refractivity contribution < 1.29 is 14.6 Å². The van der Waals surface area contributed by atoms with Crippen LogP contribution in [-0.2, 0) is 0 Å². The molecule has 0 aliphatic heterocycles. The smallest absolute Gasteiger partial charge is 0.336 e. The molecule has 5 rings (SSSR count). The highest BCUT2D eigenvalue weighted by Crippen LogP contribution is 2.40. The Morgan fingerprint density at radius 1 is 1.00 bits per heavy atom. The maximum Gasteiger partial charge on any atom is 0.336 e. The van der Waals surface area contributed by atoms with Crippen LogP contribution < -0.4 is 4.74 Å². The molecule has 2 aromatic heterocycles. The second kappa shape index (κ2) is 8.34. The Balaban J connectivity index is 1.70. The number of hydrogen-bond donors (Lipinski definition) is 1. The maximum atomic E-state index is 12.4. The largest absolute Gasteiger partial charge is 0.485 e. The summed E-state index contributed by atoms with van der Waals surface area (Å²) in [7, 11) is 0. The van der Waals surface area contributed by atoms with Gasteiger partial charge in [0.15, 0.2) is 0 Å². The molecule has 4 nitrogen and oxygen atoms in total. The number of nitrogens with zero attached hydrogens (tertiary/aromatic N) is 1. The van der Waals surface area contributed by atoms with Crippen LogP contribution >= 0.6 is 11.3 Å². The van der Waals surface area contributed by atoms with Crippen LogP contribution in [0.2, 0.25) is 0 Å². The van der Waals surface area contributed by atoms with Crippen LogP contribution in [0.3, 0.4) is 0 Å². The first-order valence-corrected chi connectivity index (χ1v) is 11.6. The predicted molar refractivity (Wildman–Crippen MR) is 134 cm³/mol. The van der Waals surface area contributed by atoms with Crippen LogP contribution in [0.1, 0.15) is 40.1 Å². The van der Waals surface area contributed by atoms with E-state index in [0.717, 1.165) is 26.3 Å². The first-order valence-electron chi connectivity index (χ1n) is 10.8. The molecule has 33 heavy (non-hydrogen) atoms. The number of rotatable bonds is 5. The lowest BCUT2D eigenvalue weighted by Gasteiger charge is -2.18. The number of aromatic carboxylic acids is 1. The third kappa shape index (κ3) is 3.74. The fourth-order valence-electron chi connectivity index (χ4n) is 4.23. The number of carbonyl (C=O) groups is 1. The summed E-state index contributed by atoms with van der Waals surface area (Å²) < 4.78 is 7.44. The molecule has 0 spiro atoms. The highest BCUT2D eigenvalue weighted by atomic mass is 32.1. The van der Waals surface area contributed by atoms with Gasteiger partial charge in [0, 0.05) is 4.70 Å². The summed E-state index contributed by atoms with van der Waals surface area (Å²) in [4.78, 5) is 18.3. The summed E-state index contributed by atoms with van der Waals surface area (Å²) in [5.74, 6) is -0.471. The summed E-state index contributed by atoms with van der Waals surface area (Å²) in [6, 6.07) is 23.6. The summed E-state index contributed by atoms with van der Waals surface area (Å²) in [6.45, 7) is 5.98. The fourth-order valence-corrected chi connectivity index (χ4v) is 5.40. The van der Waals surface area contributed by atoms with Crippen LogP contribution in [0.25, 0.3) is 31.6 Å². The molecule has 0 bridgehead atoms. The molecule has 5 aromatic rings. The minimum Gasteiger partial charge on any atom is -0.485 e. The van der Waals surface area contributed by atoms with Crippen molar-refractivity contribution >= 4 is 38.3 Å². The fraction of sp³-hybridized carbons (Fsp3) is 0.143. The Labute approximate surface area is 196 Å². The molecule has 164 valence electrons. The monoisotopic (exact) mass is 453 g/mol. The van der Waals surface area contributed by atoms with Gasteiger partial charge in [0.1, 0.15) is 11.9 Å². The van der Waals surface area contributed by atoms with Crippen molar-refractivity contribution in [2.75, 3.05) is 0 Å². The Bertz CT molecular complexity index is 1500. The number of fused-ring (bicyclic) bond motifs is 2. The molecule has 0 amide bonds. The van der Waals surface area contributed by atoms with Gasteiger partial charge in [-0.25, -0.2) is 9.78 Å². The van der Waals surface area contributed by atoms with E-state index in [1.54, 1.807) is 17.4 Å². The Hall–Kier alpha value is -3.70. The van der Waals surface area contributed by atoms with E-state index in [4.69, 9.17) is 9.72 Å². The number of thiophene rings is 1. The third-order valence-corrected chi connectivity index (χ3v) is 7.30. The normalized spacial score (nSPS) is 12.2. The molecule has 0 saturated heterocycles. The van der Waals surface area contributed by atoms with Crippen LogP contribution in [-0.4, -0.2) is 16.1 Å². The average molecular weight is 454 g/mol. The number of pyridine rings is 1. The van der Waals surface area contributed by atoms with Gasteiger partial charge in [-0.15, -0.1) is 11.3 Å². The van der Waals surface area contributed by atoms with Crippen LogP contribution in [0.5, 0.6) is 5.75 Å². The summed E-state index contributed by atoms with van der Waals surface area (Å²) in [5, 5.41) is 11.9. The number of benzene rings is 3. The maximum absolute atomic E-state index is 12.4. The van der Waals surface area contributed by atoms with Crippen molar-refractivity contribution in [1.29, 1.82) is 0 Å². The van der Waals surface area contributed by atoms with E-state index in [1.807, 2.05) is 68.4 Å². The number of carboxylic acids is 1. The van der Waals surface area contributed by atoms with Gasteiger partial charge in [0.2, 0.25) is 0 Å². The molecule has 0 saturated carbocycles. The Morgan fingerprint density at radius 3 is 2.45 bits per heavy atom. The van der Waals surface area contributed by atoms with E-state index < -0.39 is 5.97 Å². The summed E-state index contributed by atoms with van der Waals surface area (Å²) in [5.41, 5.74) is 4.57.